The van der Waals surface area contributed by atoms with Gasteiger partial charge in [0.2, 0.25) is 0 Å². The van der Waals surface area contributed by atoms with E-state index in [1.54, 1.807) is 11.8 Å². The first-order valence-electron chi connectivity index (χ1n) is 7.70. The lowest BCUT2D eigenvalue weighted by Crippen LogP contribution is -2.37. The number of hydrogen-bond acceptors (Lipinski definition) is 2. The molecule has 0 bridgehead atoms. The molecule has 0 radical (unpaired) electrons. The molecular weight excluding hydrogens is 342 g/mol. The molecule has 0 aromatic heterocycles. The summed E-state index contributed by atoms with van der Waals surface area (Å²) in [6.45, 7) is 5.97. The van der Waals surface area contributed by atoms with E-state index in [4.69, 9.17) is 0 Å². The van der Waals surface area contributed by atoms with Crippen molar-refractivity contribution < 1.29 is 0 Å². The topological polar surface area (TPSA) is 3.24 Å². The average molecular weight is 366 g/mol. The molecule has 0 atom stereocenters. The summed E-state index contributed by atoms with van der Waals surface area (Å²) in [5.74, 6) is 0. The van der Waals surface area contributed by atoms with E-state index < -0.39 is 0 Å². The van der Waals surface area contributed by atoms with Gasteiger partial charge in [-0.05, 0) is 30.4 Å². The van der Waals surface area contributed by atoms with Crippen LogP contribution in [-0.2, 0) is 0 Å². The Balaban J connectivity index is 1.84. The lowest BCUT2D eigenvalue weighted by molar-refractivity contribution is 0.188. The van der Waals surface area contributed by atoms with E-state index in [-0.39, 0.29) is 0 Å². The quantitative estimate of drug-likeness (QED) is 0.558. The monoisotopic (exact) mass is 365 g/mol. The molecule has 1 aromatic rings. The fourth-order valence-corrected chi connectivity index (χ4v) is 3.79. The molecule has 1 aromatic carbocycles. The molecule has 114 valence electrons. The van der Waals surface area contributed by atoms with E-state index >= 15 is 0 Å². The van der Waals surface area contributed by atoms with Gasteiger partial charge in [0.15, 0.2) is 0 Å². The molecular formula is C18H24BrNS. The molecule has 0 amide bonds. The largest absolute Gasteiger partial charge is 0.292 e. The van der Waals surface area contributed by atoms with Crippen LogP contribution in [0.5, 0.6) is 0 Å². The standard InChI is InChI=1S/C18H24BrNS/c1-16(19)15-20(17-9-4-2-5-10-17)13-8-14-21-18-11-6-3-7-12-18/h3,6-8,11-12,14,17H,1-2,4-5,9-10,13,15H2/b14-8-. The first kappa shape index (κ1) is 16.9. The Morgan fingerprint density at radius 2 is 1.95 bits per heavy atom. The van der Waals surface area contributed by atoms with Crippen LogP contribution in [0.25, 0.3) is 0 Å². The Labute approximate surface area is 141 Å². The number of nitrogens with zero attached hydrogens (tertiary/aromatic N) is 1. The highest BCUT2D eigenvalue weighted by Gasteiger charge is 2.20. The van der Waals surface area contributed by atoms with Gasteiger partial charge in [-0.2, -0.15) is 0 Å². The summed E-state index contributed by atoms with van der Waals surface area (Å²) in [5.41, 5.74) is 0. The van der Waals surface area contributed by atoms with E-state index in [1.807, 2.05) is 0 Å². The van der Waals surface area contributed by atoms with Crippen LogP contribution in [0.2, 0.25) is 0 Å². The van der Waals surface area contributed by atoms with Gasteiger partial charge in [0.1, 0.15) is 0 Å². The fraction of sp³-hybridized carbons (Fsp3) is 0.444. The predicted molar refractivity (Wildman–Crippen MR) is 98.0 cm³/mol. The Hall–Kier alpha value is -0.510. The lowest BCUT2D eigenvalue weighted by Gasteiger charge is -2.33. The van der Waals surface area contributed by atoms with Gasteiger partial charge in [0.05, 0.1) is 0 Å². The smallest absolute Gasteiger partial charge is 0.0300 e. The van der Waals surface area contributed by atoms with Crippen molar-refractivity contribution in [3.63, 3.8) is 0 Å². The normalized spacial score (nSPS) is 16.7. The summed E-state index contributed by atoms with van der Waals surface area (Å²) >= 11 is 5.31. The zero-order valence-electron chi connectivity index (χ0n) is 12.5. The molecule has 1 aliphatic carbocycles. The minimum atomic E-state index is 0.722. The summed E-state index contributed by atoms with van der Waals surface area (Å²) in [7, 11) is 0. The Kier molecular flexibility index (Phi) is 7.62. The molecule has 0 spiro atoms. The van der Waals surface area contributed by atoms with E-state index in [0.29, 0.717) is 0 Å². The molecule has 21 heavy (non-hydrogen) atoms. The molecule has 0 saturated heterocycles. The zero-order chi connectivity index (χ0) is 14.9. The minimum absolute atomic E-state index is 0.722. The third kappa shape index (κ3) is 6.41. The summed E-state index contributed by atoms with van der Waals surface area (Å²) in [5, 5.41) is 2.21. The van der Waals surface area contributed by atoms with E-state index in [2.05, 4.69) is 69.2 Å². The van der Waals surface area contributed by atoms with Crippen LogP contribution in [0.4, 0.5) is 0 Å². The van der Waals surface area contributed by atoms with Crippen LogP contribution in [0.3, 0.4) is 0 Å². The lowest BCUT2D eigenvalue weighted by atomic mass is 9.94. The van der Waals surface area contributed by atoms with Gasteiger partial charge < -0.3 is 0 Å². The minimum Gasteiger partial charge on any atom is -0.292 e. The van der Waals surface area contributed by atoms with Crippen LogP contribution >= 0.6 is 27.7 Å². The molecule has 1 fully saturated rings. The first-order valence-corrected chi connectivity index (χ1v) is 9.37. The van der Waals surface area contributed by atoms with E-state index in [0.717, 1.165) is 23.6 Å². The molecule has 0 aliphatic heterocycles. The fourth-order valence-electron chi connectivity index (χ4n) is 2.81. The SMILES string of the molecule is C=C(Br)CN(C/C=C\Sc1ccccc1)C1CCCCC1. The van der Waals surface area contributed by atoms with Gasteiger partial charge in [-0.1, -0.05) is 77.8 Å². The number of benzene rings is 1. The molecule has 1 aliphatic rings. The van der Waals surface area contributed by atoms with Gasteiger partial charge in [-0.15, -0.1) is 0 Å². The van der Waals surface area contributed by atoms with Crippen molar-refractivity contribution in [3.05, 3.63) is 52.9 Å². The molecule has 0 unspecified atom stereocenters. The van der Waals surface area contributed by atoms with Crippen molar-refractivity contribution in [3.8, 4) is 0 Å². The second kappa shape index (κ2) is 9.50. The van der Waals surface area contributed by atoms with Crippen molar-refractivity contribution in [2.75, 3.05) is 13.1 Å². The molecule has 2 rings (SSSR count). The molecule has 3 heteroatoms. The van der Waals surface area contributed by atoms with Crippen LogP contribution in [0, 0.1) is 0 Å². The van der Waals surface area contributed by atoms with Crippen LogP contribution < -0.4 is 0 Å². The summed E-state index contributed by atoms with van der Waals surface area (Å²) in [4.78, 5) is 3.85. The van der Waals surface area contributed by atoms with Gasteiger partial charge in [0.25, 0.3) is 0 Å². The van der Waals surface area contributed by atoms with Crippen molar-refractivity contribution in [2.45, 2.75) is 43.0 Å². The highest BCUT2D eigenvalue weighted by molar-refractivity contribution is 9.11. The molecule has 0 heterocycles. The van der Waals surface area contributed by atoms with Crippen LogP contribution in [0.15, 0.2) is 57.8 Å². The second-order valence-electron chi connectivity index (χ2n) is 5.54. The first-order chi connectivity index (χ1) is 10.3. The number of thioether (sulfide) groups is 1. The van der Waals surface area contributed by atoms with Crippen LogP contribution in [0.1, 0.15) is 32.1 Å². The maximum absolute atomic E-state index is 4.01. The van der Waals surface area contributed by atoms with Gasteiger partial charge in [0, 0.05) is 28.5 Å². The van der Waals surface area contributed by atoms with Gasteiger partial charge in [-0.3, -0.25) is 4.90 Å². The van der Waals surface area contributed by atoms with Crippen LogP contribution in [-0.4, -0.2) is 24.0 Å². The van der Waals surface area contributed by atoms with E-state index in [1.165, 1.54) is 37.0 Å². The maximum atomic E-state index is 4.01. The summed E-state index contributed by atoms with van der Waals surface area (Å²) in [6.07, 6.45) is 9.10. The van der Waals surface area contributed by atoms with Crippen molar-refractivity contribution in [1.82, 2.24) is 4.90 Å². The number of rotatable bonds is 7. The summed E-state index contributed by atoms with van der Waals surface area (Å²) < 4.78 is 1.08. The maximum Gasteiger partial charge on any atom is 0.0300 e. The molecule has 1 nitrogen and oxygen atoms in total. The number of halogens is 1. The van der Waals surface area contributed by atoms with Gasteiger partial charge in [-0.25, -0.2) is 0 Å². The van der Waals surface area contributed by atoms with Crippen molar-refractivity contribution in [2.24, 2.45) is 0 Å². The van der Waals surface area contributed by atoms with Crippen molar-refractivity contribution >= 4 is 27.7 Å². The summed E-state index contributed by atoms with van der Waals surface area (Å²) in [6, 6.07) is 11.2. The zero-order valence-corrected chi connectivity index (χ0v) is 14.9. The van der Waals surface area contributed by atoms with Gasteiger partial charge >= 0.3 is 0 Å². The second-order valence-corrected chi connectivity index (χ2v) is 7.64. The Morgan fingerprint density at radius 3 is 2.62 bits per heavy atom. The number of hydrogen-bond donors (Lipinski definition) is 0. The predicted octanol–water partition coefficient (Wildman–Crippen LogP) is 5.84. The van der Waals surface area contributed by atoms with E-state index in [9.17, 15) is 0 Å². The highest BCUT2D eigenvalue weighted by Crippen LogP contribution is 2.24. The Bertz CT molecular complexity index is 452. The average Bonchev–Trinajstić information content (AvgIpc) is 2.52. The Morgan fingerprint density at radius 1 is 1.24 bits per heavy atom. The molecule has 1 saturated carbocycles. The molecule has 0 N–H and O–H groups in total. The van der Waals surface area contributed by atoms with Crippen molar-refractivity contribution in [1.29, 1.82) is 0 Å². The third-order valence-electron chi connectivity index (χ3n) is 3.85. The third-order valence-corrected chi connectivity index (χ3v) is 4.97. The highest BCUT2D eigenvalue weighted by atomic mass is 79.9.